The number of carbonyl (C=O) groups is 1. The van der Waals surface area contributed by atoms with E-state index in [-0.39, 0.29) is 11.9 Å². The molecule has 3 rings (SSSR count). The van der Waals surface area contributed by atoms with E-state index in [0.717, 1.165) is 23.1 Å². The Balaban J connectivity index is 1.82. The van der Waals surface area contributed by atoms with Crippen molar-refractivity contribution in [1.82, 2.24) is 14.7 Å². The largest absolute Gasteiger partial charge is 0.330 e. The fourth-order valence-corrected chi connectivity index (χ4v) is 3.38. The zero-order valence-corrected chi connectivity index (χ0v) is 14.7. The molecule has 116 valence electrons. The van der Waals surface area contributed by atoms with Crippen molar-refractivity contribution in [3.05, 3.63) is 51.8 Å². The smallest absolute Gasteiger partial charge is 0.274 e. The zero-order valence-electron chi connectivity index (χ0n) is 13.1. The molecule has 0 radical (unpaired) electrons. The lowest BCUT2D eigenvalue weighted by Gasteiger charge is -2.41. The number of aryl methyl sites for hydroxylation is 1. The molecule has 0 N–H and O–H groups in total. The topological polar surface area (TPSA) is 38.1 Å². The van der Waals surface area contributed by atoms with E-state index in [1.54, 1.807) is 0 Å². The third-order valence-electron chi connectivity index (χ3n) is 4.24. The summed E-state index contributed by atoms with van der Waals surface area (Å²) in [7, 11) is 1.90. The van der Waals surface area contributed by atoms with Gasteiger partial charge in [0.1, 0.15) is 0 Å². The first kappa shape index (κ1) is 15.3. The second-order valence-corrected chi connectivity index (χ2v) is 7.01. The minimum Gasteiger partial charge on any atom is -0.330 e. The van der Waals surface area contributed by atoms with E-state index in [4.69, 9.17) is 0 Å². The second kappa shape index (κ2) is 5.88. The Morgan fingerprint density at radius 2 is 2.14 bits per heavy atom. The molecule has 0 aliphatic carbocycles. The summed E-state index contributed by atoms with van der Waals surface area (Å²) >= 11 is 3.50. The van der Waals surface area contributed by atoms with Gasteiger partial charge in [0, 0.05) is 23.8 Å². The van der Waals surface area contributed by atoms with Crippen LogP contribution in [0.5, 0.6) is 0 Å². The number of likely N-dealkylation sites (tertiary alicyclic amines) is 1. The number of benzene rings is 1. The quantitative estimate of drug-likeness (QED) is 0.831. The molecule has 1 fully saturated rings. The summed E-state index contributed by atoms with van der Waals surface area (Å²) in [6, 6.07) is 10.3. The van der Waals surface area contributed by atoms with Crippen molar-refractivity contribution in [1.29, 1.82) is 0 Å². The van der Waals surface area contributed by atoms with Crippen molar-refractivity contribution >= 4 is 21.8 Å². The van der Waals surface area contributed by atoms with Crippen molar-refractivity contribution in [2.45, 2.75) is 32.2 Å². The standard InChI is InChI=1S/C17H20BrN3O/c1-11(2)16-10-14(19-20(16)3)17(22)21-8-7-15(21)12-5-4-6-13(18)9-12/h4-6,9-11,15H,7-8H2,1-3H3/t15-/m0/s1. The van der Waals surface area contributed by atoms with Crippen molar-refractivity contribution in [3.8, 4) is 0 Å². The van der Waals surface area contributed by atoms with Gasteiger partial charge in [0.2, 0.25) is 0 Å². The number of rotatable bonds is 3. The van der Waals surface area contributed by atoms with Crippen LogP contribution in [0.3, 0.4) is 0 Å². The Kier molecular flexibility index (Phi) is 4.08. The molecule has 0 saturated carbocycles. The third-order valence-corrected chi connectivity index (χ3v) is 4.73. The summed E-state index contributed by atoms with van der Waals surface area (Å²) in [4.78, 5) is 14.6. The van der Waals surface area contributed by atoms with Crippen molar-refractivity contribution in [2.75, 3.05) is 6.54 Å². The highest BCUT2D eigenvalue weighted by molar-refractivity contribution is 9.10. The van der Waals surface area contributed by atoms with Gasteiger partial charge in [-0.25, -0.2) is 0 Å². The maximum absolute atomic E-state index is 12.7. The Morgan fingerprint density at radius 3 is 2.68 bits per heavy atom. The molecular weight excluding hydrogens is 342 g/mol. The molecule has 1 saturated heterocycles. The maximum Gasteiger partial charge on any atom is 0.274 e. The molecule has 1 aliphatic rings. The van der Waals surface area contributed by atoms with E-state index < -0.39 is 0 Å². The molecule has 0 unspecified atom stereocenters. The van der Waals surface area contributed by atoms with Gasteiger partial charge in [-0.15, -0.1) is 0 Å². The summed E-state index contributed by atoms with van der Waals surface area (Å²) in [5.41, 5.74) is 2.81. The number of hydrogen-bond acceptors (Lipinski definition) is 2. The van der Waals surface area contributed by atoms with Crippen LogP contribution in [0.1, 0.15) is 54.0 Å². The number of amides is 1. The normalized spacial score (nSPS) is 17.7. The zero-order chi connectivity index (χ0) is 15.9. The molecule has 1 aromatic carbocycles. The monoisotopic (exact) mass is 361 g/mol. The summed E-state index contributed by atoms with van der Waals surface area (Å²) in [5, 5.41) is 4.40. The number of aromatic nitrogens is 2. The van der Waals surface area contributed by atoms with Gasteiger partial charge in [0.25, 0.3) is 5.91 Å². The molecule has 1 aromatic heterocycles. The molecule has 2 aromatic rings. The fourth-order valence-electron chi connectivity index (χ4n) is 2.96. The van der Waals surface area contributed by atoms with Gasteiger partial charge < -0.3 is 4.90 Å². The second-order valence-electron chi connectivity index (χ2n) is 6.09. The van der Waals surface area contributed by atoms with Gasteiger partial charge in [-0.2, -0.15) is 5.10 Å². The summed E-state index contributed by atoms with van der Waals surface area (Å²) in [5.74, 6) is 0.384. The van der Waals surface area contributed by atoms with Crippen molar-refractivity contribution < 1.29 is 4.79 Å². The van der Waals surface area contributed by atoms with Crippen LogP contribution in [-0.4, -0.2) is 27.1 Å². The van der Waals surface area contributed by atoms with Crippen molar-refractivity contribution in [2.24, 2.45) is 7.05 Å². The molecule has 5 heteroatoms. The number of carbonyl (C=O) groups excluding carboxylic acids is 1. The molecule has 4 nitrogen and oxygen atoms in total. The molecular formula is C17H20BrN3O. The average Bonchev–Trinajstić information content (AvgIpc) is 2.80. The van der Waals surface area contributed by atoms with Crippen LogP contribution in [0.2, 0.25) is 0 Å². The number of halogens is 1. The fraction of sp³-hybridized carbons (Fsp3) is 0.412. The Labute approximate surface area is 139 Å². The Morgan fingerprint density at radius 1 is 1.36 bits per heavy atom. The van der Waals surface area contributed by atoms with Crippen LogP contribution in [0.4, 0.5) is 0 Å². The molecule has 0 bridgehead atoms. The minimum absolute atomic E-state index is 0.0266. The summed E-state index contributed by atoms with van der Waals surface area (Å²) < 4.78 is 2.86. The highest BCUT2D eigenvalue weighted by Gasteiger charge is 2.35. The predicted molar refractivity (Wildman–Crippen MR) is 89.8 cm³/mol. The van der Waals surface area contributed by atoms with E-state index in [9.17, 15) is 4.79 Å². The molecule has 1 aliphatic heterocycles. The maximum atomic E-state index is 12.7. The predicted octanol–water partition coefficient (Wildman–Crippen LogP) is 3.89. The molecule has 1 amide bonds. The van der Waals surface area contributed by atoms with Crippen LogP contribution < -0.4 is 0 Å². The SMILES string of the molecule is CC(C)c1cc(C(=O)N2CC[C@H]2c2cccc(Br)c2)nn1C. The average molecular weight is 362 g/mol. The summed E-state index contributed by atoms with van der Waals surface area (Å²) in [6.07, 6.45) is 1.01. The van der Waals surface area contributed by atoms with Crippen LogP contribution in [0.25, 0.3) is 0 Å². The lowest BCUT2D eigenvalue weighted by atomic mass is 9.94. The lowest BCUT2D eigenvalue weighted by Crippen LogP contribution is -2.45. The molecule has 22 heavy (non-hydrogen) atoms. The minimum atomic E-state index is 0.0266. The highest BCUT2D eigenvalue weighted by Crippen LogP contribution is 2.35. The van der Waals surface area contributed by atoms with Crippen molar-refractivity contribution in [3.63, 3.8) is 0 Å². The number of nitrogens with zero attached hydrogens (tertiary/aromatic N) is 3. The highest BCUT2D eigenvalue weighted by atomic mass is 79.9. The van der Waals surface area contributed by atoms with Crippen LogP contribution in [0, 0.1) is 0 Å². The first-order valence-corrected chi connectivity index (χ1v) is 8.37. The Bertz CT molecular complexity index is 708. The van der Waals surface area contributed by atoms with Gasteiger partial charge in [-0.1, -0.05) is 41.9 Å². The molecule has 2 heterocycles. The molecule has 1 atom stereocenters. The van der Waals surface area contributed by atoms with E-state index in [0.29, 0.717) is 11.6 Å². The van der Waals surface area contributed by atoms with Crippen LogP contribution in [-0.2, 0) is 7.05 Å². The van der Waals surface area contributed by atoms with E-state index >= 15 is 0 Å². The van der Waals surface area contributed by atoms with Crippen LogP contribution in [0.15, 0.2) is 34.8 Å². The van der Waals surface area contributed by atoms with Gasteiger partial charge in [0.05, 0.1) is 6.04 Å². The van der Waals surface area contributed by atoms with Gasteiger partial charge in [0.15, 0.2) is 5.69 Å². The van der Waals surface area contributed by atoms with E-state index in [2.05, 4.69) is 47.0 Å². The van der Waals surface area contributed by atoms with Crippen LogP contribution >= 0.6 is 15.9 Å². The first-order chi connectivity index (χ1) is 10.5. The first-order valence-electron chi connectivity index (χ1n) is 7.57. The van der Waals surface area contributed by atoms with Gasteiger partial charge in [-0.3, -0.25) is 9.48 Å². The Hall–Kier alpha value is -1.62. The summed E-state index contributed by atoms with van der Waals surface area (Å²) in [6.45, 7) is 5.02. The number of hydrogen-bond donors (Lipinski definition) is 0. The lowest BCUT2D eigenvalue weighted by molar-refractivity contribution is 0.0453. The van der Waals surface area contributed by atoms with Gasteiger partial charge in [-0.05, 0) is 36.1 Å². The van der Waals surface area contributed by atoms with Gasteiger partial charge >= 0.3 is 0 Å². The molecule has 0 spiro atoms. The third kappa shape index (κ3) is 2.70. The van der Waals surface area contributed by atoms with E-state index in [1.807, 2.05) is 34.8 Å². The van der Waals surface area contributed by atoms with E-state index in [1.165, 1.54) is 5.56 Å².